The van der Waals surface area contributed by atoms with E-state index >= 15 is 0 Å². The van der Waals surface area contributed by atoms with E-state index in [-0.39, 0.29) is 28.5 Å². The van der Waals surface area contributed by atoms with Gasteiger partial charge < -0.3 is 9.71 Å². The molecule has 1 aromatic heterocycles. The topological polar surface area (TPSA) is 6.48 Å². The van der Waals surface area contributed by atoms with Crippen molar-refractivity contribution in [2.75, 3.05) is 9.71 Å². The Morgan fingerprint density at radius 1 is 0.635 bits per heavy atom. The zero-order valence-electron chi connectivity index (χ0n) is 32.5. The van der Waals surface area contributed by atoms with Crippen LogP contribution in [-0.2, 0) is 21.7 Å². The Morgan fingerprint density at radius 3 is 2.06 bits per heavy atom. The summed E-state index contributed by atoms with van der Waals surface area (Å²) in [7, 11) is 0. The molecule has 6 aromatic rings. The van der Waals surface area contributed by atoms with Gasteiger partial charge in [-0.2, -0.15) is 0 Å². The molecule has 0 saturated carbocycles. The molecule has 10 rings (SSSR count). The predicted octanol–water partition coefficient (Wildman–Crippen LogP) is 12.2. The van der Waals surface area contributed by atoms with E-state index in [1.165, 1.54) is 106 Å². The number of hydrogen-bond acceptors (Lipinski definition) is 3. The minimum Gasteiger partial charge on any atom is -0.375 e. The lowest BCUT2D eigenvalue weighted by Gasteiger charge is -2.51. The SMILES string of the molecule is Cc1cc2c(cc1N1c3cc(C(C)(C)C)cc4c3B(c3sc5ccccc5c31)N1c3ccccc3C(C)(C)c3cccc-4c31)C(C)(C)CCC2(C)C. The highest BCUT2D eigenvalue weighted by Gasteiger charge is 2.51. The van der Waals surface area contributed by atoms with Crippen LogP contribution in [0.1, 0.15) is 109 Å². The van der Waals surface area contributed by atoms with Gasteiger partial charge in [-0.25, -0.2) is 0 Å². The highest BCUT2D eigenvalue weighted by Crippen LogP contribution is 2.58. The number of hydrogen-bond donors (Lipinski definition) is 0. The summed E-state index contributed by atoms with van der Waals surface area (Å²) in [6, 6.07) is 35.7. The highest BCUT2D eigenvalue weighted by atomic mass is 32.1. The van der Waals surface area contributed by atoms with Crippen LogP contribution in [0.4, 0.5) is 28.4 Å². The van der Waals surface area contributed by atoms with Gasteiger partial charge in [0.25, 0.3) is 0 Å². The van der Waals surface area contributed by atoms with E-state index < -0.39 is 0 Å². The second kappa shape index (κ2) is 10.2. The zero-order valence-corrected chi connectivity index (χ0v) is 33.3. The maximum Gasteiger partial charge on any atom is 0.343 e. The van der Waals surface area contributed by atoms with Crippen molar-refractivity contribution >= 4 is 66.9 Å². The van der Waals surface area contributed by atoms with Crippen molar-refractivity contribution in [1.82, 2.24) is 0 Å². The molecule has 4 heterocycles. The zero-order chi connectivity index (χ0) is 36.3. The Morgan fingerprint density at radius 2 is 1.31 bits per heavy atom. The molecule has 0 fully saturated rings. The standard InChI is InChI=1S/C48H49BN2S/c1-28-24-35-36(47(7,8)23-22-46(35,5)6)27-38(28)50-39-26-29(45(2,3)4)25-32-30-17-15-19-34-42(30)51(37-20-13-12-18-33(37)48(34,9)10)49(41(32)39)44-43(50)31-16-11-14-21-40(31)52-44/h11-21,24-27H,22-23H2,1-10H3. The largest absolute Gasteiger partial charge is 0.375 e. The first-order valence-corrected chi connectivity index (χ1v) is 20.1. The Labute approximate surface area is 314 Å². The Hall–Kier alpha value is -4.28. The number of fused-ring (bicyclic) bond motifs is 9. The van der Waals surface area contributed by atoms with Crippen LogP contribution < -0.4 is 20.0 Å². The Balaban J connectivity index is 1.38. The highest BCUT2D eigenvalue weighted by molar-refractivity contribution is 7.32. The minimum atomic E-state index is -0.120. The summed E-state index contributed by atoms with van der Waals surface area (Å²) in [6.07, 6.45) is 2.41. The molecule has 0 atom stereocenters. The van der Waals surface area contributed by atoms with Crippen molar-refractivity contribution in [2.45, 2.75) is 104 Å². The maximum absolute atomic E-state index is 2.74. The van der Waals surface area contributed by atoms with Crippen LogP contribution in [0.25, 0.3) is 21.2 Å². The van der Waals surface area contributed by atoms with Crippen LogP contribution in [0.15, 0.2) is 91.0 Å². The molecule has 0 radical (unpaired) electrons. The second-order valence-electron chi connectivity index (χ2n) is 18.9. The van der Waals surface area contributed by atoms with Crippen LogP contribution in [0, 0.1) is 6.92 Å². The van der Waals surface area contributed by atoms with Crippen molar-refractivity contribution in [2.24, 2.45) is 0 Å². The van der Waals surface area contributed by atoms with E-state index in [1.807, 2.05) is 11.3 Å². The van der Waals surface area contributed by atoms with Crippen LogP contribution >= 0.6 is 11.3 Å². The van der Waals surface area contributed by atoms with Crippen molar-refractivity contribution < 1.29 is 0 Å². The molecule has 0 saturated heterocycles. The monoisotopic (exact) mass is 696 g/mol. The average molecular weight is 697 g/mol. The number of rotatable bonds is 1. The summed E-state index contributed by atoms with van der Waals surface area (Å²) in [6.45, 7) is 24.2. The van der Waals surface area contributed by atoms with E-state index in [1.54, 1.807) is 0 Å². The van der Waals surface area contributed by atoms with Gasteiger partial charge in [0.05, 0.1) is 5.69 Å². The van der Waals surface area contributed by atoms with E-state index in [0.29, 0.717) is 0 Å². The molecular weight excluding hydrogens is 647 g/mol. The molecule has 2 nitrogen and oxygen atoms in total. The molecule has 0 N–H and O–H groups in total. The van der Waals surface area contributed by atoms with Gasteiger partial charge in [0.2, 0.25) is 0 Å². The van der Waals surface area contributed by atoms with E-state index in [9.17, 15) is 0 Å². The Kier molecular flexibility index (Phi) is 6.37. The van der Waals surface area contributed by atoms with Gasteiger partial charge >= 0.3 is 6.85 Å². The van der Waals surface area contributed by atoms with Gasteiger partial charge in [0.1, 0.15) is 0 Å². The maximum atomic E-state index is 2.74. The number of nitrogens with zero attached hydrogens (tertiary/aromatic N) is 2. The van der Waals surface area contributed by atoms with Gasteiger partial charge in [0, 0.05) is 48.6 Å². The summed E-state index contributed by atoms with van der Waals surface area (Å²) in [5, 5.41) is 1.34. The summed E-state index contributed by atoms with van der Waals surface area (Å²) in [5.74, 6) is 0. The molecule has 0 spiro atoms. The number of para-hydroxylation sites is 2. The van der Waals surface area contributed by atoms with Crippen LogP contribution in [0.2, 0.25) is 0 Å². The first-order valence-electron chi connectivity index (χ1n) is 19.3. The molecule has 52 heavy (non-hydrogen) atoms. The molecule has 260 valence electrons. The quantitative estimate of drug-likeness (QED) is 0.158. The third-order valence-electron chi connectivity index (χ3n) is 13.4. The summed E-state index contributed by atoms with van der Waals surface area (Å²) in [4.78, 5) is 5.45. The molecule has 5 aromatic carbocycles. The summed E-state index contributed by atoms with van der Waals surface area (Å²) in [5.41, 5.74) is 19.6. The lowest BCUT2D eigenvalue weighted by molar-refractivity contribution is 0.332. The fraction of sp³-hybridized carbons (Fsp3) is 0.333. The fourth-order valence-electron chi connectivity index (χ4n) is 10.2. The van der Waals surface area contributed by atoms with Gasteiger partial charge in [0.15, 0.2) is 0 Å². The molecule has 0 bridgehead atoms. The Bertz CT molecular complexity index is 2520. The van der Waals surface area contributed by atoms with E-state index in [4.69, 9.17) is 0 Å². The number of aryl methyl sites for hydroxylation is 1. The molecule has 0 amide bonds. The normalized spacial score (nSPS) is 18.4. The average Bonchev–Trinajstić information content (AvgIpc) is 3.49. The van der Waals surface area contributed by atoms with E-state index in [2.05, 4.69) is 170 Å². The van der Waals surface area contributed by atoms with Gasteiger partial charge in [-0.1, -0.05) is 129 Å². The van der Waals surface area contributed by atoms with Crippen molar-refractivity contribution in [3.63, 3.8) is 0 Å². The van der Waals surface area contributed by atoms with Gasteiger partial charge in [-0.15, -0.1) is 11.3 Å². The molecule has 4 heteroatoms. The lowest BCUT2D eigenvalue weighted by Crippen LogP contribution is -2.62. The fourth-order valence-corrected chi connectivity index (χ4v) is 11.5. The van der Waals surface area contributed by atoms with Crippen molar-refractivity contribution in [3.8, 4) is 11.1 Å². The second-order valence-corrected chi connectivity index (χ2v) is 20.0. The lowest BCUT2D eigenvalue weighted by atomic mass is 9.45. The predicted molar refractivity (Wildman–Crippen MR) is 226 cm³/mol. The summed E-state index contributed by atoms with van der Waals surface area (Å²) >= 11 is 2.00. The third kappa shape index (κ3) is 4.14. The molecule has 3 aliphatic heterocycles. The number of anilines is 5. The van der Waals surface area contributed by atoms with Gasteiger partial charge in [-0.05, 0) is 105 Å². The van der Waals surface area contributed by atoms with Gasteiger partial charge in [-0.3, -0.25) is 0 Å². The van der Waals surface area contributed by atoms with Crippen molar-refractivity contribution in [1.29, 1.82) is 0 Å². The van der Waals surface area contributed by atoms with E-state index in [0.717, 1.165) is 0 Å². The molecule has 4 aliphatic rings. The number of benzene rings is 5. The summed E-state index contributed by atoms with van der Waals surface area (Å²) < 4.78 is 2.79. The van der Waals surface area contributed by atoms with Crippen LogP contribution in [-0.4, -0.2) is 6.85 Å². The first kappa shape index (κ1) is 32.4. The minimum absolute atomic E-state index is 0.0293. The number of thiophene rings is 1. The van der Waals surface area contributed by atoms with Crippen molar-refractivity contribution in [3.05, 3.63) is 124 Å². The van der Waals surface area contributed by atoms with Crippen LogP contribution in [0.5, 0.6) is 0 Å². The third-order valence-corrected chi connectivity index (χ3v) is 14.6. The molecule has 1 aliphatic carbocycles. The smallest absolute Gasteiger partial charge is 0.343 e. The molecular formula is C48H49BN2S. The first-order chi connectivity index (χ1) is 24.6. The molecule has 0 unspecified atom stereocenters. The van der Waals surface area contributed by atoms with Crippen LogP contribution in [0.3, 0.4) is 0 Å².